The molecule has 13 heavy (non-hydrogen) atoms. The van der Waals surface area contributed by atoms with E-state index < -0.39 is 0 Å². The number of phenols is 1. The summed E-state index contributed by atoms with van der Waals surface area (Å²) in [7, 11) is 0. The quantitative estimate of drug-likeness (QED) is 0.826. The van der Waals surface area contributed by atoms with E-state index in [0.717, 1.165) is 15.6 Å². The van der Waals surface area contributed by atoms with Gasteiger partial charge in [-0.1, -0.05) is 0 Å². The lowest BCUT2D eigenvalue weighted by molar-refractivity contribution is 0.282. The molecule has 2 N–H and O–H groups in total. The van der Waals surface area contributed by atoms with E-state index in [0.29, 0.717) is 4.47 Å². The minimum atomic E-state index is -0.0672. The highest BCUT2D eigenvalue weighted by molar-refractivity contribution is 9.10. The number of benzene rings is 1. The van der Waals surface area contributed by atoms with Crippen molar-refractivity contribution >= 4 is 37.4 Å². The third-order valence-corrected chi connectivity index (χ3v) is 3.68. The van der Waals surface area contributed by atoms with Gasteiger partial charge in [0, 0.05) is 10.3 Å². The maximum Gasteiger partial charge on any atom is 0.131 e. The molecule has 0 amide bonds. The van der Waals surface area contributed by atoms with Gasteiger partial charge in [0.1, 0.15) is 5.75 Å². The zero-order valence-corrected chi connectivity index (χ0v) is 9.02. The Morgan fingerprint density at radius 3 is 2.92 bits per heavy atom. The Bertz CT molecular complexity index is 450. The van der Waals surface area contributed by atoms with E-state index >= 15 is 0 Å². The van der Waals surface area contributed by atoms with Crippen LogP contribution in [-0.2, 0) is 6.61 Å². The fraction of sp³-hybridized carbons (Fsp3) is 0.111. The number of hydrogen-bond acceptors (Lipinski definition) is 3. The molecule has 0 unspecified atom stereocenters. The first-order valence-corrected chi connectivity index (χ1v) is 5.39. The van der Waals surface area contributed by atoms with Crippen LogP contribution >= 0.6 is 27.3 Å². The van der Waals surface area contributed by atoms with Crippen LogP contribution in [0.4, 0.5) is 0 Å². The van der Waals surface area contributed by atoms with Gasteiger partial charge in [0.2, 0.25) is 0 Å². The monoisotopic (exact) mass is 258 g/mol. The summed E-state index contributed by atoms with van der Waals surface area (Å²) in [5.41, 5.74) is 0.747. The molecule has 2 aromatic rings. The highest BCUT2D eigenvalue weighted by Crippen LogP contribution is 2.36. The molecule has 0 fully saturated rings. The average Bonchev–Trinajstić information content (AvgIpc) is 2.54. The van der Waals surface area contributed by atoms with Crippen LogP contribution in [0.2, 0.25) is 0 Å². The van der Waals surface area contributed by atoms with Gasteiger partial charge in [0.15, 0.2) is 0 Å². The van der Waals surface area contributed by atoms with E-state index in [1.165, 1.54) is 0 Å². The van der Waals surface area contributed by atoms with E-state index in [9.17, 15) is 5.11 Å². The van der Waals surface area contributed by atoms with Crippen molar-refractivity contribution in [2.45, 2.75) is 6.61 Å². The number of aliphatic hydroxyl groups is 1. The van der Waals surface area contributed by atoms with Gasteiger partial charge < -0.3 is 10.2 Å². The van der Waals surface area contributed by atoms with Crippen molar-refractivity contribution in [3.8, 4) is 5.75 Å². The Morgan fingerprint density at radius 2 is 2.23 bits per heavy atom. The van der Waals surface area contributed by atoms with Crippen LogP contribution in [-0.4, -0.2) is 10.2 Å². The van der Waals surface area contributed by atoms with Crippen LogP contribution < -0.4 is 0 Å². The second kappa shape index (κ2) is 3.29. The van der Waals surface area contributed by atoms with Crippen LogP contribution in [0.25, 0.3) is 10.1 Å². The number of phenolic OH excluding ortho intramolecular Hbond substituents is 1. The standard InChI is InChI=1S/C9H7BrO2S/c10-9-6(4-11)5-1-2-13-8(5)3-7(9)12/h1-3,11-12H,4H2. The molecule has 0 aliphatic heterocycles. The first-order chi connectivity index (χ1) is 6.24. The lowest BCUT2D eigenvalue weighted by Crippen LogP contribution is -1.86. The zero-order chi connectivity index (χ0) is 9.42. The topological polar surface area (TPSA) is 40.5 Å². The van der Waals surface area contributed by atoms with Crippen LogP contribution in [0, 0.1) is 0 Å². The Kier molecular flexibility index (Phi) is 2.27. The van der Waals surface area contributed by atoms with Crippen molar-refractivity contribution in [3.63, 3.8) is 0 Å². The number of aliphatic hydroxyl groups excluding tert-OH is 1. The molecule has 0 saturated heterocycles. The number of thiophene rings is 1. The van der Waals surface area contributed by atoms with Gasteiger partial charge in [-0.3, -0.25) is 0 Å². The minimum Gasteiger partial charge on any atom is -0.507 e. The van der Waals surface area contributed by atoms with E-state index in [1.54, 1.807) is 17.4 Å². The largest absolute Gasteiger partial charge is 0.507 e. The minimum absolute atomic E-state index is 0.0672. The molecular formula is C9H7BrO2S. The fourth-order valence-corrected chi connectivity index (χ4v) is 2.60. The van der Waals surface area contributed by atoms with Crippen molar-refractivity contribution in [3.05, 3.63) is 27.5 Å². The van der Waals surface area contributed by atoms with Crippen LogP contribution in [0.3, 0.4) is 0 Å². The Hall–Kier alpha value is -0.580. The van der Waals surface area contributed by atoms with Crippen molar-refractivity contribution in [2.75, 3.05) is 0 Å². The number of rotatable bonds is 1. The first-order valence-electron chi connectivity index (χ1n) is 3.72. The van der Waals surface area contributed by atoms with Gasteiger partial charge in [-0.2, -0.15) is 0 Å². The van der Waals surface area contributed by atoms with Gasteiger partial charge in [-0.05, 0) is 38.8 Å². The molecule has 0 aliphatic rings. The Morgan fingerprint density at radius 1 is 1.46 bits per heavy atom. The molecule has 0 bridgehead atoms. The van der Waals surface area contributed by atoms with Gasteiger partial charge in [0.05, 0.1) is 11.1 Å². The summed E-state index contributed by atoms with van der Waals surface area (Å²) in [4.78, 5) is 0. The number of halogens is 1. The number of aromatic hydroxyl groups is 1. The summed E-state index contributed by atoms with van der Waals surface area (Å²) in [5, 5.41) is 21.6. The Balaban J connectivity index is 2.87. The summed E-state index contributed by atoms with van der Waals surface area (Å²) in [6, 6.07) is 3.64. The van der Waals surface area contributed by atoms with Crippen molar-refractivity contribution in [2.24, 2.45) is 0 Å². The summed E-state index contributed by atoms with van der Waals surface area (Å²) in [5.74, 6) is 0.180. The molecule has 0 atom stereocenters. The Labute approximate surface area is 87.6 Å². The molecule has 68 valence electrons. The SMILES string of the molecule is OCc1c(Br)c(O)cc2sccc12. The molecule has 4 heteroatoms. The van der Waals surface area contributed by atoms with Gasteiger partial charge in [-0.25, -0.2) is 0 Å². The lowest BCUT2D eigenvalue weighted by atomic mass is 10.1. The third kappa shape index (κ3) is 1.35. The third-order valence-electron chi connectivity index (χ3n) is 1.94. The molecular weight excluding hydrogens is 252 g/mol. The van der Waals surface area contributed by atoms with Crippen molar-refractivity contribution < 1.29 is 10.2 Å². The van der Waals surface area contributed by atoms with E-state index in [2.05, 4.69) is 15.9 Å². The van der Waals surface area contributed by atoms with Gasteiger partial charge in [-0.15, -0.1) is 11.3 Å². The molecule has 1 aromatic heterocycles. The second-order valence-electron chi connectivity index (χ2n) is 2.68. The molecule has 1 aromatic carbocycles. The number of hydrogen-bond donors (Lipinski definition) is 2. The molecule has 0 aliphatic carbocycles. The first kappa shape index (κ1) is 8.99. The van der Waals surface area contributed by atoms with Crippen molar-refractivity contribution in [1.29, 1.82) is 0 Å². The molecule has 0 spiro atoms. The predicted octanol–water partition coefficient (Wildman–Crippen LogP) is 2.86. The van der Waals surface area contributed by atoms with Crippen molar-refractivity contribution in [1.82, 2.24) is 0 Å². The van der Waals surface area contributed by atoms with E-state index in [4.69, 9.17) is 5.11 Å². The normalized spacial score (nSPS) is 10.9. The predicted molar refractivity (Wildman–Crippen MR) is 57.1 cm³/mol. The molecule has 0 saturated carbocycles. The lowest BCUT2D eigenvalue weighted by Gasteiger charge is -2.04. The van der Waals surface area contributed by atoms with Gasteiger partial charge in [0.25, 0.3) is 0 Å². The summed E-state index contributed by atoms with van der Waals surface area (Å²) in [6.45, 7) is -0.0672. The fourth-order valence-electron chi connectivity index (χ4n) is 1.30. The molecule has 0 radical (unpaired) electrons. The van der Waals surface area contributed by atoms with Crippen LogP contribution in [0.1, 0.15) is 5.56 Å². The summed E-state index contributed by atoms with van der Waals surface area (Å²) in [6.07, 6.45) is 0. The number of fused-ring (bicyclic) bond motifs is 1. The maximum atomic E-state index is 9.50. The van der Waals surface area contributed by atoms with Gasteiger partial charge >= 0.3 is 0 Å². The zero-order valence-electron chi connectivity index (χ0n) is 6.62. The average molecular weight is 259 g/mol. The second-order valence-corrected chi connectivity index (χ2v) is 4.42. The molecule has 2 rings (SSSR count). The summed E-state index contributed by atoms with van der Waals surface area (Å²) < 4.78 is 1.57. The maximum absolute atomic E-state index is 9.50. The molecule has 1 heterocycles. The van der Waals surface area contributed by atoms with Crippen LogP contribution in [0.5, 0.6) is 5.75 Å². The highest BCUT2D eigenvalue weighted by atomic mass is 79.9. The highest BCUT2D eigenvalue weighted by Gasteiger charge is 2.10. The van der Waals surface area contributed by atoms with E-state index in [-0.39, 0.29) is 12.4 Å². The van der Waals surface area contributed by atoms with E-state index in [1.807, 2.05) is 11.4 Å². The summed E-state index contributed by atoms with van der Waals surface area (Å²) >= 11 is 4.79. The van der Waals surface area contributed by atoms with Crippen LogP contribution in [0.15, 0.2) is 22.0 Å². The smallest absolute Gasteiger partial charge is 0.131 e. The molecule has 2 nitrogen and oxygen atoms in total.